The highest BCUT2D eigenvalue weighted by atomic mass is 127. The van der Waals surface area contributed by atoms with Crippen molar-refractivity contribution in [2.45, 2.75) is 19.8 Å². The number of aromatic amines is 1. The summed E-state index contributed by atoms with van der Waals surface area (Å²) in [5.74, 6) is 1.75. The summed E-state index contributed by atoms with van der Waals surface area (Å²) >= 11 is 0. The lowest BCUT2D eigenvalue weighted by Crippen LogP contribution is -2.38. The molecule has 28 heavy (non-hydrogen) atoms. The van der Waals surface area contributed by atoms with Crippen LogP contribution in [0.2, 0.25) is 0 Å². The van der Waals surface area contributed by atoms with Crippen LogP contribution in [0.25, 0.3) is 10.9 Å². The lowest BCUT2D eigenvalue weighted by molar-refractivity contribution is 0.414. The van der Waals surface area contributed by atoms with Gasteiger partial charge >= 0.3 is 0 Å². The minimum absolute atomic E-state index is 0. The molecule has 0 unspecified atom stereocenters. The largest absolute Gasteiger partial charge is 0.497 e. The molecule has 3 rings (SSSR count). The number of ether oxygens (including phenoxy) is 1. The number of guanidine groups is 1. The lowest BCUT2D eigenvalue weighted by atomic mass is 10.1. The molecule has 6 heteroatoms. The molecule has 150 valence electrons. The van der Waals surface area contributed by atoms with Gasteiger partial charge in [0.1, 0.15) is 5.75 Å². The number of aromatic nitrogens is 1. The van der Waals surface area contributed by atoms with Gasteiger partial charge in [-0.2, -0.15) is 0 Å². The van der Waals surface area contributed by atoms with E-state index in [1.807, 2.05) is 12.1 Å². The summed E-state index contributed by atoms with van der Waals surface area (Å²) in [7, 11) is 1.69. The predicted molar refractivity (Wildman–Crippen MR) is 128 cm³/mol. The minimum Gasteiger partial charge on any atom is -0.497 e. The van der Waals surface area contributed by atoms with Crippen molar-refractivity contribution >= 4 is 40.8 Å². The van der Waals surface area contributed by atoms with Gasteiger partial charge in [0.2, 0.25) is 0 Å². The Kier molecular flexibility index (Phi) is 9.13. The second-order valence-corrected chi connectivity index (χ2v) is 6.40. The van der Waals surface area contributed by atoms with Crippen molar-refractivity contribution in [2.75, 3.05) is 26.7 Å². The molecule has 1 heterocycles. The third kappa shape index (κ3) is 6.15. The Labute approximate surface area is 184 Å². The third-order valence-electron chi connectivity index (χ3n) is 4.54. The van der Waals surface area contributed by atoms with Gasteiger partial charge in [-0.05, 0) is 49.1 Å². The number of hydrogen-bond acceptors (Lipinski definition) is 2. The molecule has 0 spiro atoms. The van der Waals surface area contributed by atoms with Crippen LogP contribution in [0.5, 0.6) is 5.75 Å². The summed E-state index contributed by atoms with van der Waals surface area (Å²) in [4.78, 5) is 8.04. The van der Waals surface area contributed by atoms with Crippen LogP contribution < -0.4 is 15.4 Å². The summed E-state index contributed by atoms with van der Waals surface area (Å²) in [6, 6.07) is 16.6. The molecule has 0 aliphatic rings. The zero-order chi connectivity index (χ0) is 18.9. The van der Waals surface area contributed by atoms with Gasteiger partial charge in [-0.25, -0.2) is 0 Å². The highest BCUT2D eigenvalue weighted by Gasteiger charge is 2.03. The molecule has 0 bridgehead atoms. The van der Waals surface area contributed by atoms with E-state index in [2.05, 4.69) is 65.1 Å². The Morgan fingerprint density at radius 1 is 1.04 bits per heavy atom. The van der Waals surface area contributed by atoms with E-state index < -0.39 is 0 Å². The van der Waals surface area contributed by atoms with Crippen LogP contribution in [0, 0.1) is 0 Å². The summed E-state index contributed by atoms with van der Waals surface area (Å²) in [5, 5.41) is 8.01. The number of H-pyrrole nitrogens is 1. The summed E-state index contributed by atoms with van der Waals surface area (Å²) < 4.78 is 5.20. The smallest absolute Gasteiger partial charge is 0.191 e. The first-order chi connectivity index (χ1) is 13.3. The summed E-state index contributed by atoms with van der Waals surface area (Å²) in [6.07, 6.45) is 3.94. The molecule has 5 nitrogen and oxygen atoms in total. The normalized spacial score (nSPS) is 11.1. The fourth-order valence-electron chi connectivity index (χ4n) is 3.09. The fourth-order valence-corrected chi connectivity index (χ4v) is 3.09. The number of para-hydroxylation sites is 1. The van der Waals surface area contributed by atoms with Crippen LogP contribution in [-0.4, -0.2) is 37.7 Å². The highest BCUT2D eigenvalue weighted by molar-refractivity contribution is 14.0. The molecule has 2 aromatic carbocycles. The minimum atomic E-state index is 0. The molecule has 0 radical (unpaired) electrons. The van der Waals surface area contributed by atoms with Gasteiger partial charge in [0, 0.05) is 36.7 Å². The van der Waals surface area contributed by atoms with E-state index in [1.165, 1.54) is 22.0 Å². The maximum Gasteiger partial charge on any atom is 0.191 e. The summed E-state index contributed by atoms with van der Waals surface area (Å²) in [5.41, 5.74) is 3.77. The van der Waals surface area contributed by atoms with E-state index in [-0.39, 0.29) is 24.0 Å². The maximum atomic E-state index is 5.20. The maximum absolute atomic E-state index is 5.20. The first-order valence-corrected chi connectivity index (χ1v) is 9.50. The number of nitrogens with zero attached hydrogens (tertiary/aromatic N) is 1. The van der Waals surface area contributed by atoms with Gasteiger partial charge in [-0.1, -0.05) is 30.3 Å². The van der Waals surface area contributed by atoms with Crippen molar-refractivity contribution in [3.63, 3.8) is 0 Å². The second-order valence-electron chi connectivity index (χ2n) is 6.40. The number of methoxy groups -OCH3 is 1. The summed E-state index contributed by atoms with van der Waals surface area (Å²) in [6.45, 7) is 4.52. The van der Waals surface area contributed by atoms with Gasteiger partial charge in [0.15, 0.2) is 5.96 Å². The van der Waals surface area contributed by atoms with E-state index in [0.29, 0.717) is 0 Å². The molecule has 1 aromatic heterocycles. The standard InChI is InChI=1S/C22H28N4O.HI/c1-3-23-22(24-14-12-17-8-10-19(27-2)11-9-17)25-15-13-18-16-26-21-7-5-4-6-20(18)21;/h4-11,16,26H,3,12-15H2,1-2H3,(H2,23,24,25);1H. The highest BCUT2D eigenvalue weighted by Crippen LogP contribution is 2.18. The van der Waals surface area contributed by atoms with Crippen molar-refractivity contribution in [1.82, 2.24) is 15.6 Å². The molecule has 0 aliphatic carbocycles. The van der Waals surface area contributed by atoms with E-state index in [9.17, 15) is 0 Å². The average molecular weight is 492 g/mol. The van der Waals surface area contributed by atoms with E-state index >= 15 is 0 Å². The Morgan fingerprint density at radius 2 is 1.82 bits per heavy atom. The number of aliphatic imine (C=N–C) groups is 1. The molecule has 0 saturated carbocycles. The number of hydrogen-bond donors (Lipinski definition) is 3. The van der Waals surface area contributed by atoms with Crippen LogP contribution in [0.3, 0.4) is 0 Å². The first-order valence-electron chi connectivity index (χ1n) is 9.50. The Hall–Kier alpha value is -2.22. The van der Waals surface area contributed by atoms with Crippen LogP contribution in [-0.2, 0) is 12.8 Å². The number of fused-ring (bicyclic) bond motifs is 1. The van der Waals surface area contributed by atoms with Gasteiger partial charge in [0.25, 0.3) is 0 Å². The number of halogens is 1. The zero-order valence-corrected chi connectivity index (χ0v) is 18.8. The lowest BCUT2D eigenvalue weighted by Gasteiger charge is -2.11. The number of rotatable bonds is 8. The zero-order valence-electron chi connectivity index (χ0n) is 16.5. The fraction of sp³-hybridized carbons (Fsp3) is 0.318. The van der Waals surface area contributed by atoms with Crippen molar-refractivity contribution in [3.05, 3.63) is 65.9 Å². The third-order valence-corrected chi connectivity index (χ3v) is 4.54. The van der Waals surface area contributed by atoms with Crippen LogP contribution in [0.15, 0.2) is 59.7 Å². The molecular formula is C22H29IN4O. The van der Waals surface area contributed by atoms with Gasteiger partial charge in [-0.15, -0.1) is 24.0 Å². The van der Waals surface area contributed by atoms with Gasteiger partial charge in [0.05, 0.1) is 7.11 Å². The van der Waals surface area contributed by atoms with E-state index in [1.54, 1.807) is 7.11 Å². The van der Waals surface area contributed by atoms with Crippen molar-refractivity contribution < 1.29 is 4.74 Å². The van der Waals surface area contributed by atoms with E-state index in [4.69, 9.17) is 9.73 Å². The SMILES string of the molecule is CCNC(=NCCc1c[nH]c2ccccc12)NCCc1ccc(OC)cc1.I. The Bertz CT molecular complexity index is 874. The van der Waals surface area contributed by atoms with Crippen molar-refractivity contribution in [3.8, 4) is 5.75 Å². The number of benzene rings is 2. The molecule has 0 atom stereocenters. The number of nitrogens with one attached hydrogen (secondary N) is 3. The first kappa shape index (κ1) is 22.1. The van der Waals surface area contributed by atoms with Crippen LogP contribution >= 0.6 is 24.0 Å². The van der Waals surface area contributed by atoms with Crippen molar-refractivity contribution in [2.24, 2.45) is 4.99 Å². The molecule has 0 amide bonds. The van der Waals surface area contributed by atoms with Crippen molar-refractivity contribution in [1.29, 1.82) is 0 Å². The second kappa shape index (κ2) is 11.6. The topological polar surface area (TPSA) is 61.4 Å². The molecule has 3 N–H and O–H groups in total. The molecule has 3 aromatic rings. The predicted octanol–water partition coefficient (Wildman–Crippen LogP) is 4.13. The molecule has 0 aliphatic heterocycles. The molecule has 0 saturated heterocycles. The quantitative estimate of drug-likeness (QED) is 0.252. The monoisotopic (exact) mass is 492 g/mol. The Balaban J connectivity index is 0.00000280. The van der Waals surface area contributed by atoms with Gasteiger partial charge in [-0.3, -0.25) is 4.99 Å². The van der Waals surface area contributed by atoms with Crippen LogP contribution in [0.4, 0.5) is 0 Å². The molecular weight excluding hydrogens is 463 g/mol. The van der Waals surface area contributed by atoms with Crippen LogP contribution in [0.1, 0.15) is 18.1 Å². The van der Waals surface area contributed by atoms with Gasteiger partial charge < -0.3 is 20.4 Å². The average Bonchev–Trinajstić information content (AvgIpc) is 3.12. The van der Waals surface area contributed by atoms with E-state index in [0.717, 1.165) is 44.2 Å². The molecule has 0 fully saturated rings. The Morgan fingerprint density at radius 3 is 2.57 bits per heavy atom.